The van der Waals surface area contributed by atoms with E-state index in [-0.39, 0.29) is 22.9 Å². The highest BCUT2D eigenvalue weighted by Gasteiger charge is 2.33. The van der Waals surface area contributed by atoms with E-state index in [1.807, 2.05) is 18.7 Å². The fraction of sp³-hybridized carbons (Fsp3) is 0.346. The number of carbonyl (C=O) groups is 1. The van der Waals surface area contributed by atoms with Gasteiger partial charge in [-0.25, -0.2) is 0 Å². The second-order valence-electron chi connectivity index (χ2n) is 8.37. The van der Waals surface area contributed by atoms with Crippen LogP contribution in [-0.4, -0.2) is 43.7 Å². The van der Waals surface area contributed by atoms with Crippen LogP contribution in [0, 0.1) is 6.92 Å². The maximum atomic E-state index is 13.4. The van der Waals surface area contributed by atoms with Crippen LogP contribution in [0.2, 0.25) is 0 Å². The molecule has 1 aliphatic rings. The number of carbonyl (C=O) groups excluding carboxylic acids is 1. The molecular formula is C26H30ClF3N4O3. The predicted octanol–water partition coefficient (Wildman–Crippen LogP) is 4.80. The Morgan fingerprint density at radius 3 is 2.51 bits per heavy atom. The highest BCUT2D eigenvalue weighted by atomic mass is 35.5. The summed E-state index contributed by atoms with van der Waals surface area (Å²) in [5, 5.41) is 2.65. The van der Waals surface area contributed by atoms with Crippen LogP contribution in [0.4, 0.5) is 18.9 Å². The minimum atomic E-state index is -4.63. The topological polar surface area (TPSA) is 103 Å². The highest BCUT2D eigenvalue weighted by Crippen LogP contribution is 2.33. The Hall–Kier alpha value is -3.37. The summed E-state index contributed by atoms with van der Waals surface area (Å²) < 4.78 is 51.1. The van der Waals surface area contributed by atoms with Crippen molar-refractivity contribution in [3.8, 4) is 0 Å². The predicted molar refractivity (Wildman–Crippen MR) is 138 cm³/mol. The summed E-state index contributed by atoms with van der Waals surface area (Å²) in [5.74, 6) is -0.785. The molecule has 0 saturated carbocycles. The van der Waals surface area contributed by atoms with Crippen LogP contribution in [0.25, 0.3) is 5.70 Å². The monoisotopic (exact) mass is 538 g/mol. The highest BCUT2D eigenvalue weighted by molar-refractivity contribution is 6.17. The lowest BCUT2D eigenvalue weighted by atomic mass is 10.0. The fourth-order valence-corrected chi connectivity index (χ4v) is 4.12. The number of rotatable bonds is 8. The van der Waals surface area contributed by atoms with Gasteiger partial charge in [0.25, 0.3) is 5.91 Å². The number of amides is 1. The maximum Gasteiger partial charge on any atom is 0.416 e. The van der Waals surface area contributed by atoms with E-state index in [1.54, 1.807) is 24.3 Å². The molecule has 1 heterocycles. The SMILES string of the molecule is CCO/C(N)=C(/C=C(\N)c1cc(NC(=O)c2ccc(CCl)c(C(F)(F)F)c2)ccc1C)N1CCOCC1. The van der Waals surface area contributed by atoms with E-state index in [0.29, 0.717) is 55.6 Å². The van der Waals surface area contributed by atoms with E-state index in [9.17, 15) is 18.0 Å². The van der Waals surface area contributed by atoms with Gasteiger partial charge in [0.2, 0.25) is 5.88 Å². The van der Waals surface area contributed by atoms with Crippen molar-refractivity contribution < 1.29 is 27.4 Å². The smallest absolute Gasteiger partial charge is 0.416 e. The number of anilines is 1. The molecule has 37 heavy (non-hydrogen) atoms. The van der Waals surface area contributed by atoms with Gasteiger partial charge in [-0.1, -0.05) is 12.1 Å². The van der Waals surface area contributed by atoms with Crippen molar-refractivity contribution in [2.24, 2.45) is 11.5 Å². The van der Waals surface area contributed by atoms with Crippen LogP contribution in [0.1, 0.15) is 39.5 Å². The second kappa shape index (κ2) is 12.2. The Morgan fingerprint density at radius 1 is 1.19 bits per heavy atom. The number of morpholine rings is 1. The Morgan fingerprint density at radius 2 is 1.89 bits per heavy atom. The molecule has 5 N–H and O–H groups in total. The van der Waals surface area contributed by atoms with Crippen LogP contribution in [0.5, 0.6) is 0 Å². The molecule has 1 fully saturated rings. The van der Waals surface area contributed by atoms with Gasteiger partial charge in [-0.15, -0.1) is 11.6 Å². The third-order valence-electron chi connectivity index (χ3n) is 5.82. The van der Waals surface area contributed by atoms with Gasteiger partial charge in [-0.2, -0.15) is 13.2 Å². The number of benzene rings is 2. The van der Waals surface area contributed by atoms with Crippen LogP contribution in [-0.2, 0) is 21.5 Å². The minimum absolute atomic E-state index is 0.100. The lowest BCUT2D eigenvalue weighted by Crippen LogP contribution is -2.37. The molecule has 3 rings (SSSR count). The Kier molecular flexibility index (Phi) is 9.34. The first-order valence-corrected chi connectivity index (χ1v) is 12.2. The number of alkyl halides is 4. The second-order valence-corrected chi connectivity index (χ2v) is 8.64. The zero-order chi connectivity index (χ0) is 27.2. The molecule has 7 nitrogen and oxygen atoms in total. The van der Waals surface area contributed by atoms with Gasteiger partial charge < -0.3 is 31.2 Å². The molecular weight excluding hydrogens is 509 g/mol. The van der Waals surface area contributed by atoms with E-state index in [0.717, 1.165) is 11.6 Å². The number of ether oxygens (including phenoxy) is 2. The molecule has 11 heteroatoms. The molecule has 0 aromatic heterocycles. The number of hydrogen-bond acceptors (Lipinski definition) is 6. The van der Waals surface area contributed by atoms with Crippen molar-refractivity contribution in [1.29, 1.82) is 0 Å². The maximum absolute atomic E-state index is 13.4. The fourth-order valence-electron chi connectivity index (χ4n) is 3.89. The third kappa shape index (κ3) is 7.11. The third-order valence-corrected chi connectivity index (χ3v) is 6.11. The van der Waals surface area contributed by atoms with E-state index in [4.69, 9.17) is 32.5 Å². The molecule has 200 valence electrons. The standard InChI is InChI=1S/C26H30ClF3N4O3/c1-3-37-24(32)23(34-8-10-36-11-9-34)14-22(31)20-13-19(7-4-16(20)2)33-25(35)17-5-6-18(15-27)21(12-17)26(28,29)30/h4-7,12-14H,3,8-11,15,31-32H2,1-2H3,(H,33,35)/b22-14-,24-23-. The molecule has 0 atom stereocenters. The number of aryl methyl sites for hydroxylation is 1. The Bertz CT molecular complexity index is 1190. The average Bonchev–Trinajstić information content (AvgIpc) is 2.87. The van der Waals surface area contributed by atoms with Crippen LogP contribution in [0.15, 0.2) is 54.1 Å². The first kappa shape index (κ1) is 28.2. The molecule has 0 spiro atoms. The summed E-state index contributed by atoms with van der Waals surface area (Å²) in [6.07, 6.45) is -2.92. The number of nitrogens with one attached hydrogen (secondary N) is 1. The number of nitrogens with zero attached hydrogens (tertiary/aromatic N) is 1. The number of halogens is 4. The van der Waals surface area contributed by atoms with Gasteiger partial charge in [0.05, 0.1) is 31.1 Å². The Balaban J connectivity index is 1.90. The van der Waals surface area contributed by atoms with Gasteiger partial charge in [0, 0.05) is 41.5 Å². The van der Waals surface area contributed by atoms with Crippen molar-refractivity contribution >= 4 is 28.9 Å². The van der Waals surface area contributed by atoms with Crippen molar-refractivity contribution in [2.75, 3.05) is 38.2 Å². The summed E-state index contributed by atoms with van der Waals surface area (Å²) in [7, 11) is 0. The Labute approximate surface area is 218 Å². The first-order chi connectivity index (χ1) is 17.5. The van der Waals surface area contributed by atoms with Crippen LogP contribution >= 0.6 is 11.6 Å². The molecule has 0 unspecified atom stereocenters. The van der Waals surface area contributed by atoms with E-state index < -0.39 is 17.6 Å². The van der Waals surface area contributed by atoms with Gasteiger partial charge in [-0.3, -0.25) is 4.79 Å². The van der Waals surface area contributed by atoms with Crippen LogP contribution < -0.4 is 16.8 Å². The van der Waals surface area contributed by atoms with Gasteiger partial charge in [0.15, 0.2) is 0 Å². The summed E-state index contributed by atoms with van der Waals surface area (Å²) >= 11 is 5.64. The largest absolute Gasteiger partial charge is 0.478 e. The molecule has 2 aromatic carbocycles. The minimum Gasteiger partial charge on any atom is -0.478 e. The molecule has 1 amide bonds. The molecule has 1 aliphatic heterocycles. The van der Waals surface area contributed by atoms with E-state index in [2.05, 4.69) is 5.32 Å². The lowest BCUT2D eigenvalue weighted by molar-refractivity contribution is -0.138. The zero-order valence-electron chi connectivity index (χ0n) is 20.6. The normalized spacial score (nSPS) is 15.3. The molecule has 0 aliphatic carbocycles. The zero-order valence-corrected chi connectivity index (χ0v) is 21.4. The molecule has 1 saturated heterocycles. The number of allylic oxidation sites excluding steroid dienone is 1. The molecule has 0 bridgehead atoms. The lowest BCUT2D eigenvalue weighted by Gasteiger charge is -2.30. The van der Waals surface area contributed by atoms with Crippen molar-refractivity contribution in [3.63, 3.8) is 0 Å². The van der Waals surface area contributed by atoms with Gasteiger partial charge in [0.1, 0.15) is 0 Å². The van der Waals surface area contributed by atoms with Crippen molar-refractivity contribution in [2.45, 2.75) is 25.9 Å². The number of nitrogens with two attached hydrogens (primary N) is 2. The quantitative estimate of drug-likeness (QED) is 0.253. The summed E-state index contributed by atoms with van der Waals surface area (Å²) in [6.45, 7) is 6.38. The molecule has 0 radical (unpaired) electrons. The van der Waals surface area contributed by atoms with Crippen molar-refractivity contribution in [3.05, 3.63) is 81.9 Å². The van der Waals surface area contributed by atoms with Gasteiger partial charge >= 0.3 is 6.18 Å². The van der Waals surface area contributed by atoms with Gasteiger partial charge in [-0.05, 0) is 55.3 Å². The van der Waals surface area contributed by atoms with E-state index >= 15 is 0 Å². The molecule has 2 aromatic rings. The first-order valence-electron chi connectivity index (χ1n) is 11.7. The summed E-state index contributed by atoms with van der Waals surface area (Å²) in [5.41, 5.74) is 14.3. The average molecular weight is 539 g/mol. The van der Waals surface area contributed by atoms with Crippen LogP contribution in [0.3, 0.4) is 0 Å². The summed E-state index contributed by atoms with van der Waals surface area (Å²) in [6, 6.07) is 8.37. The van der Waals surface area contributed by atoms with Crippen molar-refractivity contribution in [1.82, 2.24) is 4.90 Å². The summed E-state index contributed by atoms with van der Waals surface area (Å²) in [4.78, 5) is 14.8. The number of hydrogen-bond donors (Lipinski definition) is 3. The van der Waals surface area contributed by atoms with E-state index in [1.165, 1.54) is 12.1 Å².